The minimum Gasteiger partial charge on any atom is -0.550 e. The fraction of sp³-hybridized carbons (Fsp3) is 0.971. The molecule has 38 heavy (non-hydrogen) atoms. The molecule has 0 spiro atoms. The lowest BCUT2D eigenvalue weighted by molar-refractivity contribution is -0.893. The maximum atomic E-state index is 10.5. The van der Waals surface area contributed by atoms with E-state index in [1.54, 1.807) is 0 Å². The van der Waals surface area contributed by atoms with Gasteiger partial charge in [0.25, 0.3) is 0 Å². The van der Waals surface area contributed by atoms with Crippen molar-refractivity contribution in [1.82, 2.24) is 0 Å². The van der Waals surface area contributed by atoms with E-state index in [0.29, 0.717) is 0 Å². The van der Waals surface area contributed by atoms with Crippen molar-refractivity contribution < 1.29 is 19.5 Å². The first kappa shape index (κ1) is 37.4. The molecule has 228 valence electrons. The molecular weight excluding hydrogens is 470 g/mol. The zero-order valence-corrected chi connectivity index (χ0v) is 26.3. The van der Waals surface area contributed by atoms with Crippen molar-refractivity contribution in [2.45, 2.75) is 186 Å². The Morgan fingerprint density at radius 1 is 0.579 bits per heavy atom. The molecule has 1 atom stereocenters. The predicted molar refractivity (Wildman–Crippen MR) is 163 cm³/mol. The van der Waals surface area contributed by atoms with Crippen LogP contribution in [0.4, 0.5) is 0 Å². The predicted octanol–water partition coefficient (Wildman–Crippen LogP) is 8.73. The molecule has 0 amide bonds. The molecule has 0 radical (unpaired) electrons. The van der Waals surface area contributed by atoms with E-state index in [1.807, 2.05) is 0 Å². The average Bonchev–Trinajstić information content (AvgIpc) is 2.86. The third-order valence-electron chi connectivity index (χ3n) is 8.24. The van der Waals surface area contributed by atoms with Crippen molar-refractivity contribution in [3.05, 3.63) is 0 Å². The third kappa shape index (κ3) is 29.9. The summed E-state index contributed by atoms with van der Waals surface area (Å²) in [6.07, 6.45) is 33.9. The van der Waals surface area contributed by atoms with Crippen molar-refractivity contribution in [1.29, 1.82) is 0 Å². The second-order valence-electron chi connectivity index (χ2n) is 12.9. The maximum absolute atomic E-state index is 10.5. The summed E-state index contributed by atoms with van der Waals surface area (Å²) in [6, 6.07) is 0. The van der Waals surface area contributed by atoms with Gasteiger partial charge in [-0.2, -0.15) is 0 Å². The van der Waals surface area contributed by atoms with E-state index in [4.69, 9.17) is 0 Å². The molecule has 0 heterocycles. The number of likely N-dealkylation sites (N-methyl/N-ethyl adjacent to an activating group) is 1. The maximum Gasteiger partial charge on any atom is 0.105 e. The molecule has 0 saturated heterocycles. The van der Waals surface area contributed by atoms with Crippen molar-refractivity contribution in [2.24, 2.45) is 0 Å². The Bertz CT molecular complexity index is 494. The third-order valence-corrected chi connectivity index (χ3v) is 8.24. The number of quaternary nitrogens is 1. The molecule has 0 aliphatic heterocycles. The van der Waals surface area contributed by atoms with Crippen LogP contribution in [0, 0.1) is 0 Å². The minimum absolute atomic E-state index is 0.171. The van der Waals surface area contributed by atoms with Crippen LogP contribution in [-0.2, 0) is 4.79 Å². The Labute approximate surface area is 239 Å². The molecule has 0 fully saturated rings. The molecule has 1 unspecified atom stereocenters. The molecule has 0 aromatic carbocycles. The summed E-state index contributed by atoms with van der Waals surface area (Å²) in [5, 5.41) is 20.9. The number of rotatable bonds is 31. The highest BCUT2D eigenvalue weighted by molar-refractivity contribution is 5.64. The van der Waals surface area contributed by atoms with Gasteiger partial charge in [0.1, 0.15) is 12.6 Å². The van der Waals surface area contributed by atoms with Crippen molar-refractivity contribution in [2.75, 3.05) is 27.2 Å². The molecule has 4 nitrogen and oxygen atoms in total. The summed E-state index contributed by atoms with van der Waals surface area (Å²) in [5.74, 6) is -0.924. The molecule has 0 saturated carbocycles. The minimum atomic E-state index is -0.924. The van der Waals surface area contributed by atoms with Gasteiger partial charge in [0, 0.05) is 5.97 Å². The number of carboxylic acid groups (broad SMARTS) is 1. The number of hydrogen-bond donors (Lipinski definition) is 1. The van der Waals surface area contributed by atoms with Crippen LogP contribution in [0.5, 0.6) is 0 Å². The van der Waals surface area contributed by atoms with Crippen LogP contribution < -0.4 is 5.11 Å². The molecule has 0 aliphatic carbocycles. The molecule has 0 aliphatic rings. The number of carbonyl (C=O) groups is 1. The van der Waals surface area contributed by atoms with Gasteiger partial charge in [0.2, 0.25) is 0 Å². The highest BCUT2D eigenvalue weighted by Gasteiger charge is 2.19. The lowest BCUT2D eigenvalue weighted by Gasteiger charge is -2.32. The fourth-order valence-corrected chi connectivity index (χ4v) is 5.73. The average molecular weight is 540 g/mol. The summed E-state index contributed by atoms with van der Waals surface area (Å²) in [6.45, 7) is 4.28. The number of hydrogen-bond acceptors (Lipinski definition) is 3. The van der Waals surface area contributed by atoms with Crippen LogP contribution in [0.25, 0.3) is 0 Å². The number of nitrogens with zero attached hydrogens (tertiary/aromatic N) is 1. The summed E-state index contributed by atoms with van der Waals surface area (Å²) in [5.41, 5.74) is 0. The standard InChI is InChI=1S/C34H69NO3/c1-4-5-6-7-8-9-10-11-12-13-14-15-16-17-18-20-23-26-29-33(36)32-35(2,3)31-28-25-22-19-21-24-27-30-34(37)38/h33,36H,4-32H2,1-3H3. The van der Waals surface area contributed by atoms with Crippen molar-refractivity contribution in [3.8, 4) is 0 Å². The fourth-order valence-electron chi connectivity index (χ4n) is 5.73. The van der Waals surface area contributed by atoms with Crippen LogP contribution in [-0.4, -0.2) is 48.8 Å². The van der Waals surface area contributed by atoms with Gasteiger partial charge in [0.05, 0.1) is 20.6 Å². The summed E-state index contributed by atoms with van der Waals surface area (Å²) < 4.78 is 0.909. The first-order valence-electron chi connectivity index (χ1n) is 17.1. The topological polar surface area (TPSA) is 60.4 Å². The summed E-state index contributed by atoms with van der Waals surface area (Å²) in [4.78, 5) is 10.4. The largest absolute Gasteiger partial charge is 0.550 e. The Kier molecular flexibility index (Phi) is 27.5. The number of unbranched alkanes of at least 4 members (excludes halogenated alkanes) is 23. The highest BCUT2D eigenvalue weighted by atomic mass is 16.4. The van der Waals surface area contributed by atoms with Gasteiger partial charge in [-0.05, 0) is 32.1 Å². The Morgan fingerprint density at radius 2 is 0.921 bits per heavy atom. The number of aliphatic carboxylic acids is 1. The molecule has 0 rings (SSSR count). The van der Waals surface area contributed by atoms with Crippen LogP contribution in [0.1, 0.15) is 180 Å². The van der Waals surface area contributed by atoms with Crippen LogP contribution >= 0.6 is 0 Å². The second kappa shape index (κ2) is 27.9. The molecule has 0 bridgehead atoms. The molecule has 0 aromatic rings. The van der Waals surface area contributed by atoms with Gasteiger partial charge in [-0.1, -0.05) is 148 Å². The van der Waals surface area contributed by atoms with E-state index in [1.165, 1.54) is 135 Å². The van der Waals surface area contributed by atoms with E-state index in [2.05, 4.69) is 21.0 Å². The van der Waals surface area contributed by atoms with Crippen LogP contribution in [0.2, 0.25) is 0 Å². The Morgan fingerprint density at radius 3 is 1.32 bits per heavy atom. The van der Waals surface area contributed by atoms with Gasteiger partial charge in [-0.15, -0.1) is 0 Å². The van der Waals surface area contributed by atoms with Crippen molar-refractivity contribution in [3.63, 3.8) is 0 Å². The van der Waals surface area contributed by atoms with E-state index in [9.17, 15) is 15.0 Å². The van der Waals surface area contributed by atoms with Gasteiger partial charge in [-0.25, -0.2) is 0 Å². The zero-order valence-electron chi connectivity index (χ0n) is 26.3. The smallest absolute Gasteiger partial charge is 0.105 e. The highest BCUT2D eigenvalue weighted by Crippen LogP contribution is 2.16. The quantitative estimate of drug-likeness (QED) is 0.0707. The van der Waals surface area contributed by atoms with Gasteiger partial charge in [0.15, 0.2) is 0 Å². The normalized spacial score (nSPS) is 12.7. The van der Waals surface area contributed by atoms with Crippen LogP contribution in [0.3, 0.4) is 0 Å². The lowest BCUT2D eigenvalue weighted by atomic mass is 10.0. The monoisotopic (exact) mass is 540 g/mol. The molecule has 4 heteroatoms. The molecule has 1 N–H and O–H groups in total. The number of carboxylic acids is 1. The zero-order chi connectivity index (χ0) is 28.2. The van der Waals surface area contributed by atoms with E-state index >= 15 is 0 Å². The SMILES string of the molecule is CCCCCCCCCCCCCCCCCCCCC(O)C[N+](C)(C)CCCCCCCCCC(=O)[O-]. The van der Waals surface area contributed by atoms with E-state index in [-0.39, 0.29) is 12.5 Å². The lowest BCUT2D eigenvalue weighted by Crippen LogP contribution is -2.45. The number of aliphatic hydroxyl groups excluding tert-OH is 1. The van der Waals surface area contributed by atoms with Gasteiger partial charge >= 0.3 is 0 Å². The Hall–Kier alpha value is -0.610. The van der Waals surface area contributed by atoms with Gasteiger partial charge in [-0.3, -0.25) is 0 Å². The van der Waals surface area contributed by atoms with E-state index < -0.39 is 5.97 Å². The van der Waals surface area contributed by atoms with E-state index in [0.717, 1.165) is 49.7 Å². The number of carbonyl (C=O) groups excluding carboxylic acids is 1. The Balaban J connectivity index is 3.39. The first-order chi connectivity index (χ1) is 18.4. The molecular formula is C34H69NO3. The van der Waals surface area contributed by atoms with Gasteiger partial charge < -0.3 is 19.5 Å². The first-order valence-corrected chi connectivity index (χ1v) is 17.1. The van der Waals surface area contributed by atoms with Crippen LogP contribution in [0.15, 0.2) is 0 Å². The number of aliphatic hydroxyl groups is 1. The summed E-state index contributed by atoms with van der Waals surface area (Å²) in [7, 11) is 4.50. The molecule has 0 aromatic heterocycles. The van der Waals surface area contributed by atoms with Crippen molar-refractivity contribution >= 4 is 5.97 Å². The summed E-state index contributed by atoms with van der Waals surface area (Å²) >= 11 is 0. The second-order valence-corrected chi connectivity index (χ2v) is 12.9.